The Bertz CT molecular complexity index is 859. The Morgan fingerprint density at radius 1 is 1.23 bits per heavy atom. The molecule has 0 aliphatic carbocycles. The van der Waals surface area contributed by atoms with Crippen LogP contribution in [0, 0.1) is 15.9 Å². The van der Waals surface area contributed by atoms with Crippen LogP contribution in [0.15, 0.2) is 45.8 Å². The van der Waals surface area contributed by atoms with E-state index in [1.807, 2.05) is 0 Å². The molecule has 0 amide bonds. The summed E-state index contributed by atoms with van der Waals surface area (Å²) >= 11 is 8.77. The molecule has 0 saturated carbocycles. The number of non-ortho nitro benzene ring substituents is 1. The summed E-state index contributed by atoms with van der Waals surface area (Å²) in [6.07, 6.45) is 0. The topological polar surface area (TPSA) is 86.5 Å². The van der Waals surface area contributed by atoms with Gasteiger partial charge in [0.15, 0.2) is 5.75 Å². The van der Waals surface area contributed by atoms with Crippen LogP contribution in [0.4, 0.5) is 10.1 Å². The van der Waals surface area contributed by atoms with Crippen LogP contribution >= 0.6 is 27.5 Å². The summed E-state index contributed by atoms with van der Waals surface area (Å²) in [4.78, 5) is 9.21. The molecule has 0 unspecified atom stereocenters. The summed E-state index contributed by atoms with van der Waals surface area (Å²) in [5.74, 6) is -1.34. The smallest absolute Gasteiger partial charge is 0.342 e. The molecule has 0 heterocycles. The lowest BCUT2D eigenvalue weighted by atomic mass is 10.3. The van der Waals surface area contributed by atoms with Crippen molar-refractivity contribution in [3.05, 3.63) is 61.8 Å². The summed E-state index contributed by atoms with van der Waals surface area (Å²) in [5.41, 5.74) is -0.330. The molecule has 0 aliphatic rings. The van der Waals surface area contributed by atoms with Gasteiger partial charge >= 0.3 is 10.1 Å². The molecule has 0 saturated heterocycles. The minimum absolute atomic E-state index is 0.284. The fraction of sp³-hybridized carbons (Fsp3) is 0. The third kappa shape index (κ3) is 3.54. The lowest BCUT2D eigenvalue weighted by molar-refractivity contribution is -0.384. The summed E-state index contributed by atoms with van der Waals surface area (Å²) in [6, 6.07) is 6.29. The van der Waals surface area contributed by atoms with Crippen molar-refractivity contribution in [3.63, 3.8) is 0 Å². The number of halogens is 3. The molecule has 2 rings (SSSR count). The SMILES string of the molecule is O=[N+]([O-])c1ccc(OS(=O)(=O)c2cc(Br)ccc2F)c(Cl)c1. The zero-order valence-electron chi connectivity index (χ0n) is 10.5. The number of hydrogen-bond donors (Lipinski definition) is 0. The summed E-state index contributed by atoms with van der Waals surface area (Å²) in [7, 11) is -4.48. The number of rotatable bonds is 4. The molecule has 116 valence electrons. The molecule has 0 aromatic heterocycles. The Hall–Kier alpha value is -1.71. The van der Waals surface area contributed by atoms with Crippen LogP contribution in [-0.4, -0.2) is 13.3 Å². The Morgan fingerprint density at radius 2 is 1.91 bits per heavy atom. The lowest BCUT2D eigenvalue weighted by Gasteiger charge is -2.09. The highest BCUT2D eigenvalue weighted by atomic mass is 79.9. The fourth-order valence-electron chi connectivity index (χ4n) is 1.50. The van der Waals surface area contributed by atoms with Crippen molar-refractivity contribution < 1.29 is 21.9 Å². The number of nitro groups is 1. The van der Waals surface area contributed by atoms with Gasteiger partial charge in [-0.3, -0.25) is 10.1 Å². The summed E-state index contributed by atoms with van der Waals surface area (Å²) in [6.45, 7) is 0. The molecule has 0 aliphatic heterocycles. The average molecular weight is 411 g/mol. The summed E-state index contributed by atoms with van der Waals surface area (Å²) in [5, 5.41) is 10.3. The fourth-order valence-corrected chi connectivity index (χ4v) is 3.32. The molecule has 22 heavy (non-hydrogen) atoms. The maximum absolute atomic E-state index is 13.6. The zero-order valence-corrected chi connectivity index (χ0v) is 13.7. The number of nitrogens with zero attached hydrogens (tertiary/aromatic N) is 1. The second kappa shape index (κ2) is 6.19. The van der Waals surface area contributed by atoms with E-state index in [1.54, 1.807) is 0 Å². The van der Waals surface area contributed by atoms with Crippen LogP contribution < -0.4 is 4.18 Å². The van der Waals surface area contributed by atoms with Crippen LogP contribution in [0.5, 0.6) is 5.75 Å². The first kappa shape index (κ1) is 16.7. The van der Waals surface area contributed by atoms with Gasteiger partial charge in [-0.25, -0.2) is 4.39 Å². The molecular weight excluding hydrogens is 405 g/mol. The van der Waals surface area contributed by atoms with Crippen molar-refractivity contribution in [1.29, 1.82) is 0 Å². The van der Waals surface area contributed by atoms with Gasteiger partial charge < -0.3 is 4.18 Å². The van der Waals surface area contributed by atoms with E-state index in [0.29, 0.717) is 4.47 Å². The van der Waals surface area contributed by atoms with E-state index in [0.717, 1.165) is 30.3 Å². The van der Waals surface area contributed by atoms with Gasteiger partial charge in [-0.15, -0.1) is 0 Å². The van der Waals surface area contributed by atoms with Gasteiger partial charge in [0.05, 0.1) is 9.95 Å². The van der Waals surface area contributed by atoms with E-state index >= 15 is 0 Å². The Kier molecular flexibility index (Phi) is 4.69. The monoisotopic (exact) mass is 409 g/mol. The highest BCUT2D eigenvalue weighted by Gasteiger charge is 2.23. The van der Waals surface area contributed by atoms with Crippen LogP contribution in [0.25, 0.3) is 0 Å². The minimum Gasteiger partial charge on any atom is -0.377 e. The van der Waals surface area contributed by atoms with E-state index in [9.17, 15) is 22.9 Å². The molecular formula is C12H6BrClFNO5S. The highest BCUT2D eigenvalue weighted by molar-refractivity contribution is 9.10. The zero-order chi connectivity index (χ0) is 16.5. The van der Waals surface area contributed by atoms with Gasteiger partial charge in [-0.2, -0.15) is 8.42 Å². The maximum Gasteiger partial charge on any atom is 0.342 e. The second-order valence-corrected chi connectivity index (χ2v) is 6.82. The lowest BCUT2D eigenvalue weighted by Crippen LogP contribution is -2.12. The standard InChI is InChI=1S/C12H6BrClFNO5S/c13-7-1-3-10(15)12(5-7)22(19,20)21-11-4-2-8(16(17)18)6-9(11)14/h1-6H. The largest absolute Gasteiger partial charge is 0.377 e. The molecule has 0 spiro atoms. The van der Waals surface area contributed by atoms with Crippen molar-refractivity contribution in [1.82, 2.24) is 0 Å². The Labute approximate surface area is 137 Å². The molecule has 2 aromatic carbocycles. The number of nitro benzene ring substituents is 1. The highest BCUT2D eigenvalue weighted by Crippen LogP contribution is 2.31. The first-order chi connectivity index (χ1) is 10.2. The molecule has 0 N–H and O–H groups in total. The van der Waals surface area contributed by atoms with Crippen LogP contribution in [0.1, 0.15) is 0 Å². The van der Waals surface area contributed by atoms with E-state index in [4.69, 9.17) is 15.8 Å². The first-order valence-electron chi connectivity index (χ1n) is 5.54. The first-order valence-corrected chi connectivity index (χ1v) is 8.12. The van der Waals surface area contributed by atoms with Crippen LogP contribution in [0.2, 0.25) is 5.02 Å². The Balaban J connectivity index is 2.41. The molecule has 0 bridgehead atoms. The molecule has 0 radical (unpaired) electrons. The van der Waals surface area contributed by atoms with Gasteiger partial charge in [0, 0.05) is 16.6 Å². The van der Waals surface area contributed by atoms with Gasteiger partial charge in [0.25, 0.3) is 5.69 Å². The third-order valence-corrected chi connectivity index (χ3v) is 4.53. The molecule has 6 nitrogen and oxygen atoms in total. The molecule has 2 aromatic rings. The minimum atomic E-state index is -4.48. The van der Waals surface area contributed by atoms with Crippen molar-refractivity contribution in [2.75, 3.05) is 0 Å². The Morgan fingerprint density at radius 3 is 2.50 bits per heavy atom. The van der Waals surface area contributed by atoms with Crippen molar-refractivity contribution in [2.45, 2.75) is 4.90 Å². The van der Waals surface area contributed by atoms with Crippen LogP contribution in [-0.2, 0) is 10.1 Å². The van der Waals surface area contributed by atoms with Crippen molar-refractivity contribution in [2.24, 2.45) is 0 Å². The predicted molar refractivity (Wildman–Crippen MR) is 80.0 cm³/mol. The van der Waals surface area contributed by atoms with Gasteiger partial charge in [0.2, 0.25) is 0 Å². The molecule has 0 fully saturated rings. The van der Waals surface area contributed by atoms with Crippen molar-refractivity contribution in [3.8, 4) is 5.75 Å². The average Bonchev–Trinajstić information content (AvgIpc) is 2.43. The predicted octanol–water partition coefficient (Wildman–Crippen LogP) is 3.92. The second-order valence-electron chi connectivity index (χ2n) is 3.98. The van der Waals surface area contributed by atoms with E-state index in [1.165, 1.54) is 6.07 Å². The van der Waals surface area contributed by atoms with Crippen molar-refractivity contribution >= 4 is 43.3 Å². The van der Waals surface area contributed by atoms with Gasteiger partial charge in [-0.1, -0.05) is 27.5 Å². The number of hydrogen-bond acceptors (Lipinski definition) is 5. The maximum atomic E-state index is 13.6. The molecule has 10 heteroatoms. The van der Waals surface area contributed by atoms with Gasteiger partial charge in [0.1, 0.15) is 10.7 Å². The third-order valence-electron chi connectivity index (χ3n) is 2.49. The summed E-state index contributed by atoms with van der Waals surface area (Å²) < 4.78 is 42.9. The van der Waals surface area contributed by atoms with Gasteiger partial charge in [-0.05, 0) is 24.3 Å². The quantitative estimate of drug-likeness (QED) is 0.433. The van der Waals surface area contributed by atoms with E-state index in [2.05, 4.69) is 15.9 Å². The normalized spacial score (nSPS) is 11.2. The molecule has 0 atom stereocenters. The number of benzene rings is 2. The van der Waals surface area contributed by atoms with E-state index < -0.39 is 25.8 Å². The van der Waals surface area contributed by atoms with Crippen LogP contribution in [0.3, 0.4) is 0 Å². The van der Waals surface area contributed by atoms with E-state index in [-0.39, 0.29) is 16.5 Å².